The predicted octanol–water partition coefficient (Wildman–Crippen LogP) is 3.62. The van der Waals surface area contributed by atoms with Gasteiger partial charge in [-0.25, -0.2) is 0 Å². The van der Waals surface area contributed by atoms with Crippen LogP contribution in [0.4, 0.5) is 0 Å². The molecule has 0 aliphatic heterocycles. The maximum absolute atomic E-state index is 5.42. The minimum atomic E-state index is -3.23. The number of hydrogen-bond donors (Lipinski definition) is 0. The Balaban J connectivity index is 4.87. The van der Waals surface area contributed by atoms with Gasteiger partial charge in [0.1, 0.15) is 0 Å². The third kappa shape index (κ3) is 6.52. The maximum Gasteiger partial charge on any atom is 0.964 e. The van der Waals surface area contributed by atoms with Crippen LogP contribution in [-0.2, 0) is 17.7 Å². The minimum absolute atomic E-state index is 1.49. The average Bonchev–Trinajstić information content (AvgIpc) is 2.37. The van der Waals surface area contributed by atoms with Crippen molar-refractivity contribution in [3.63, 3.8) is 0 Å². The molecule has 0 fully saturated rings. The minimum Gasteiger partial charge on any atom is -0.459 e. The summed E-state index contributed by atoms with van der Waals surface area (Å²) in [6.45, 7) is 7.33. The molecule has 0 amide bonds. The molecule has 0 atom stereocenters. The lowest BCUT2D eigenvalue weighted by Crippen LogP contribution is -2.44. The molecule has 0 aliphatic rings. The largest absolute Gasteiger partial charge is 0.964 e. The lowest BCUT2D eigenvalue weighted by Gasteiger charge is -2.22. The molecule has 17 heavy (non-hydrogen) atoms. The lowest BCUT2D eigenvalue weighted by atomic mass is 10.7. The molecule has 0 spiro atoms. The number of hydrogen-bond acceptors (Lipinski definition) is 4. The molecule has 0 saturated carbocycles. The van der Waals surface area contributed by atoms with Crippen LogP contribution in [0.25, 0.3) is 0 Å². The first-order valence-corrected chi connectivity index (χ1v) is 7.04. The maximum atomic E-state index is 5.42. The molecule has 0 unspecified atom stereocenters. The normalized spacial score (nSPS) is 15.8. The van der Waals surface area contributed by atoms with Gasteiger partial charge in [0.05, 0.1) is 25.0 Å². The average molecular weight is 256 g/mol. The Morgan fingerprint density at radius 2 is 0.765 bits per heavy atom. The Morgan fingerprint density at radius 3 is 0.941 bits per heavy atom. The van der Waals surface area contributed by atoms with Crippen LogP contribution < -0.4 is 0 Å². The highest BCUT2D eigenvalue weighted by molar-refractivity contribution is 6.54. The topological polar surface area (TPSA) is 36.9 Å². The van der Waals surface area contributed by atoms with E-state index >= 15 is 0 Å². The highest BCUT2D eigenvalue weighted by atomic mass is 28.4. The van der Waals surface area contributed by atoms with Gasteiger partial charge in [0.15, 0.2) is 0 Å². The molecular formula is C12H20O4Si. The zero-order chi connectivity index (χ0) is 13.0. The van der Waals surface area contributed by atoms with Crippen molar-refractivity contribution < 1.29 is 17.7 Å². The Labute approximate surface area is 104 Å². The Kier molecular flexibility index (Phi) is 8.68. The summed E-state index contributed by atoms with van der Waals surface area (Å²) in [7, 11) is -3.23. The monoisotopic (exact) mass is 256 g/mol. The van der Waals surface area contributed by atoms with Gasteiger partial charge in [0.2, 0.25) is 0 Å². The molecule has 0 bridgehead atoms. The first-order chi connectivity index (χ1) is 8.24. The first kappa shape index (κ1) is 15.4. The summed E-state index contributed by atoms with van der Waals surface area (Å²) < 4.78 is 21.7. The van der Waals surface area contributed by atoms with Gasteiger partial charge in [-0.05, 0) is 27.7 Å². The van der Waals surface area contributed by atoms with Crippen LogP contribution in [0.1, 0.15) is 27.7 Å². The second-order valence-electron chi connectivity index (χ2n) is 2.85. The Hall–Kier alpha value is -1.62. The van der Waals surface area contributed by atoms with E-state index < -0.39 is 9.05 Å². The Morgan fingerprint density at radius 1 is 0.529 bits per heavy atom. The van der Waals surface area contributed by atoms with E-state index in [1.165, 1.54) is 25.0 Å². The van der Waals surface area contributed by atoms with Crippen molar-refractivity contribution in [2.24, 2.45) is 0 Å². The fraction of sp³-hybridized carbons (Fsp3) is 0.333. The van der Waals surface area contributed by atoms with Crippen molar-refractivity contribution in [1.29, 1.82) is 0 Å². The highest BCUT2D eigenvalue weighted by Crippen LogP contribution is 2.14. The SMILES string of the molecule is CC=CO[Si](OC=CC)(OC=CC)OC=CC. The summed E-state index contributed by atoms with van der Waals surface area (Å²) in [4.78, 5) is 0. The van der Waals surface area contributed by atoms with Gasteiger partial charge >= 0.3 is 9.05 Å². The van der Waals surface area contributed by atoms with Crippen LogP contribution in [0, 0.1) is 0 Å². The molecule has 0 aromatic rings. The molecule has 4 nitrogen and oxygen atoms in total. The van der Waals surface area contributed by atoms with E-state index in [1.807, 2.05) is 27.7 Å². The zero-order valence-electron chi connectivity index (χ0n) is 10.8. The molecule has 0 saturated heterocycles. The van der Waals surface area contributed by atoms with E-state index in [4.69, 9.17) is 17.7 Å². The molecule has 0 aromatic heterocycles. The number of rotatable bonds is 8. The molecule has 0 aliphatic carbocycles. The molecule has 0 heterocycles. The smallest absolute Gasteiger partial charge is 0.459 e. The van der Waals surface area contributed by atoms with Crippen LogP contribution in [-0.4, -0.2) is 9.05 Å². The standard InChI is InChI=1S/C12H20O4Si/c1-5-9-13-17(14-10-6-2,15-11-7-3)16-12-8-4/h5-12H,1-4H3. The summed E-state index contributed by atoms with van der Waals surface area (Å²) in [6.07, 6.45) is 12.9. The molecule has 0 radical (unpaired) electrons. The molecular weight excluding hydrogens is 236 g/mol. The third-order valence-electron chi connectivity index (χ3n) is 1.39. The molecule has 0 rings (SSSR count). The molecule has 0 aromatic carbocycles. The first-order valence-electron chi connectivity index (χ1n) is 5.40. The van der Waals surface area contributed by atoms with E-state index in [0.29, 0.717) is 0 Å². The van der Waals surface area contributed by atoms with Crippen molar-refractivity contribution >= 4 is 9.05 Å². The van der Waals surface area contributed by atoms with Gasteiger partial charge in [-0.15, -0.1) is 0 Å². The zero-order valence-corrected chi connectivity index (χ0v) is 11.8. The van der Waals surface area contributed by atoms with Crippen LogP contribution >= 0.6 is 0 Å². The van der Waals surface area contributed by atoms with Gasteiger partial charge < -0.3 is 17.7 Å². The Bertz CT molecular complexity index is 233. The quantitative estimate of drug-likeness (QED) is 0.491. The number of allylic oxidation sites excluding steroid dienone is 4. The van der Waals surface area contributed by atoms with Gasteiger partial charge in [-0.2, -0.15) is 0 Å². The summed E-state index contributed by atoms with van der Waals surface area (Å²) >= 11 is 0. The van der Waals surface area contributed by atoms with Gasteiger partial charge in [0.25, 0.3) is 0 Å². The second-order valence-corrected chi connectivity index (χ2v) is 4.79. The second kappa shape index (κ2) is 9.59. The van der Waals surface area contributed by atoms with Crippen molar-refractivity contribution in [1.82, 2.24) is 0 Å². The molecule has 5 heteroatoms. The lowest BCUT2D eigenvalue weighted by molar-refractivity contribution is 0.0768. The van der Waals surface area contributed by atoms with Gasteiger partial charge in [-0.1, -0.05) is 24.3 Å². The van der Waals surface area contributed by atoms with E-state index in [9.17, 15) is 0 Å². The summed E-state index contributed by atoms with van der Waals surface area (Å²) in [5.74, 6) is 0. The summed E-state index contributed by atoms with van der Waals surface area (Å²) in [5, 5.41) is 0. The predicted molar refractivity (Wildman–Crippen MR) is 69.4 cm³/mol. The van der Waals surface area contributed by atoms with E-state index in [1.54, 1.807) is 24.3 Å². The third-order valence-corrected chi connectivity index (χ3v) is 3.09. The van der Waals surface area contributed by atoms with E-state index in [2.05, 4.69) is 0 Å². The van der Waals surface area contributed by atoms with E-state index in [0.717, 1.165) is 0 Å². The van der Waals surface area contributed by atoms with Crippen molar-refractivity contribution in [3.8, 4) is 0 Å². The van der Waals surface area contributed by atoms with Crippen molar-refractivity contribution in [3.05, 3.63) is 49.4 Å². The van der Waals surface area contributed by atoms with Crippen molar-refractivity contribution in [2.75, 3.05) is 0 Å². The summed E-state index contributed by atoms with van der Waals surface area (Å²) in [6, 6.07) is 0. The molecule has 96 valence electrons. The fourth-order valence-electron chi connectivity index (χ4n) is 0.772. The van der Waals surface area contributed by atoms with Crippen LogP contribution in [0.5, 0.6) is 0 Å². The van der Waals surface area contributed by atoms with E-state index in [-0.39, 0.29) is 0 Å². The van der Waals surface area contributed by atoms with Crippen molar-refractivity contribution in [2.45, 2.75) is 27.7 Å². The summed E-state index contributed by atoms with van der Waals surface area (Å²) in [5.41, 5.74) is 0. The highest BCUT2D eigenvalue weighted by Gasteiger charge is 2.54. The van der Waals surface area contributed by atoms with Crippen LogP contribution in [0.2, 0.25) is 0 Å². The molecule has 0 N–H and O–H groups in total. The van der Waals surface area contributed by atoms with Gasteiger partial charge in [-0.3, -0.25) is 0 Å². The fourth-order valence-corrected chi connectivity index (χ4v) is 2.32. The van der Waals surface area contributed by atoms with Gasteiger partial charge in [0, 0.05) is 0 Å². The van der Waals surface area contributed by atoms with Crippen LogP contribution in [0.15, 0.2) is 49.4 Å². The van der Waals surface area contributed by atoms with Crippen LogP contribution in [0.3, 0.4) is 0 Å².